The van der Waals surface area contributed by atoms with Crippen LogP contribution in [-0.2, 0) is 4.74 Å². The number of aromatic nitrogens is 3. The van der Waals surface area contributed by atoms with Gasteiger partial charge in [-0.05, 0) is 42.7 Å². The van der Waals surface area contributed by atoms with E-state index in [1.807, 2.05) is 36.4 Å². The van der Waals surface area contributed by atoms with Crippen LogP contribution in [0.15, 0.2) is 53.6 Å². The second-order valence-electron chi connectivity index (χ2n) is 7.60. The minimum absolute atomic E-state index is 0.0151. The van der Waals surface area contributed by atoms with Crippen LogP contribution in [0.2, 0.25) is 5.02 Å². The second kappa shape index (κ2) is 8.57. The van der Waals surface area contributed by atoms with Crippen LogP contribution in [-0.4, -0.2) is 46.0 Å². The topological polar surface area (TPSA) is 107 Å². The molecule has 3 heterocycles. The van der Waals surface area contributed by atoms with Gasteiger partial charge in [-0.1, -0.05) is 35.9 Å². The number of halogens is 1. The molecule has 2 aromatic heterocycles. The molecule has 1 aliphatic rings. The van der Waals surface area contributed by atoms with Gasteiger partial charge in [0.05, 0.1) is 23.4 Å². The Labute approximate surface area is 189 Å². The Balaban J connectivity index is 1.59. The molecule has 1 atom stereocenters. The van der Waals surface area contributed by atoms with Gasteiger partial charge in [0.2, 0.25) is 0 Å². The van der Waals surface area contributed by atoms with E-state index in [1.54, 1.807) is 18.3 Å². The van der Waals surface area contributed by atoms with Gasteiger partial charge < -0.3 is 15.8 Å². The number of fused-ring (bicyclic) bond motifs is 2. The number of carbonyl (C=O) groups is 1. The fraction of sp³-hybridized carbons (Fsp3) is 0.217. The molecule has 1 fully saturated rings. The molecule has 4 aromatic rings. The average molecular weight is 449 g/mol. The maximum atomic E-state index is 13.1. The molecule has 9 heteroatoms. The summed E-state index contributed by atoms with van der Waals surface area (Å²) >= 11 is 6.07. The third-order valence-corrected chi connectivity index (χ3v) is 5.62. The van der Waals surface area contributed by atoms with Crippen molar-refractivity contribution in [3.63, 3.8) is 0 Å². The van der Waals surface area contributed by atoms with Crippen molar-refractivity contribution >= 4 is 51.7 Å². The number of amides is 1. The van der Waals surface area contributed by atoms with Crippen molar-refractivity contribution in [1.82, 2.24) is 20.0 Å². The van der Waals surface area contributed by atoms with E-state index in [0.717, 1.165) is 25.0 Å². The van der Waals surface area contributed by atoms with Gasteiger partial charge in [0, 0.05) is 18.2 Å². The number of para-hydroxylation sites is 2. The molecule has 0 bridgehead atoms. The quantitative estimate of drug-likeness (QED) is 0.453. The van der Waals surface area contributed by atoms with Crippen LogP contribution in [0.1, 0.15) is 28.8 Å². The second-order valence-corrected chi connectivity index (χ2v) is 8.04. The van der Waals surface area contributed by atoms with Crippen LogP contribution < -0.4 is 11.1 Å². The number of nitrogen functional groups attached to an aromatic ring is 1. The van der Waals surface area contributed by atoms with Gasteiger partial charge in [0.1, 0.15) is 16.9 Å². The van der Waals surface area contributed by atoms with Crippen molar-refractivity contribution in [3.8, 4) is 0 Å². The lowest BCUT2D eigenvalue weighted by Crippen LogP contribution is -2.32. The van der Waals surface area contributed by atoms with E-state index >= 15 is 0 Å². The largest absolute Gasteiger partial charge is 0.383 e. The van der Waals surface area contributed by atoms with E-state index < -0.39 is 0 Å². The van der Waals surface area contributed by atoms with E-state index in [9.17, 15) is 4.79 Å². The summed E-state index contributed by atoms with van der Waals surface area (Å²) in [4.78, 5) is 22.5. The van der Waals surface area contributed by atoms with Gasteiger partial charge >= 0.3 is 0 Å². The molecule has 0 spiro atoms. The number of ether oxygens (including phenoxy) is 1. The average Bonchev–Trinajstić information content (AvgIpc) is 3.40. The number of benzene rings is 2. The molecule has 0 aliphatic carbocycles. The van der Waals surface area contributed by atoms with Gasteiger partial charge in [0.15, 0.2) is 5.65 Å². The smallest absolute Gasteiger partial charge is 0.257 e. The summed E-state index contributed by atoms with van der Waals surface area (Å²) in [7, 11) is 0. The molecule has 0 radical (unpaired) electrons. The van der Waals surface area contributed by atoms with E-state index in [4.69, 9.17) is 22.1 Å². The Hall–Kier alpha value is -3.49. The highest BCUT2D eigenvalue weighted by Crippen LogP contribution is 2.28. The molecule has 0 saturated carbocycles. The third kappa shape index (κ3) is 3.90. The molecule has 1 unspecified atom stereocenters. The number of nitrogens with one attached hydrogen (secondary N) is 1. The van der Waals surface area contributed by atoms with Gasteiger partial charge in [0.25, 0.3) is 5.91 Å². The summed E-state index contributed by atoms with van der Waals surface area (Å²) in [6.07, 6.45) is 3.55. The minimum Gasteiger partial charge on any atom is -0.383 e. The van der Waals surface area contributed by atoms with E-state index in [0.29, 0.717) is 33.8 Å². The van der Waals surface area contributed by atoms with Crippen LogP contribution in [0, 0.1) is 0 Å². The first-order valence-electron chi connectivity index (χ1n) is 10.4. The molecule has 3 N–H and O–H groups in total. The van der Waals surface area contributed by atoms with Crippen LogP contribution >= 0.6 is 11.6 Å². The molecule has 5 rings (SSSR count). The Bertz CT molecular complexity index is 1340. The van der Waals surface area contributed by atoms with E-state index in [1.165, 1.54) is 4.68 Å². The number of hydrogen-bond donors (Lipinski definition) is 2. The molecule has 32 heavy (non-hydrogen) atoms. The predicted octanol–water partition coefficient (Wildman–Crippen LogP) is 3.61. The molecular weight excluding hydrogens is 428 g/mol. The fourth-order valence-corrected chi connectivity index (χ4v) is 4.00. The lowest BCUT2D eigenvalue weighted by molar-refractivity contribution is 0.0859. The predicted molar refractivity (Wildman–Crippen MR) is 125 cm³/mol. The van der Waals surface area contributed by atoms with Crippen molar-refractivity contribution in [2.45, 2.75) is 18.9 Å². The molecule has 1 saturated heterocycles. The number of carbonyl (C=O) groups excluding carboxylic acids is 1. The summed E-state index contributed by atoms with van der Waals surface area (Å²) in [5.74, 6) is -0.164. The van der Waals surface area contributed by atoms with Crippen molar-refractivity contribution in [2.75, 3.05) is 18.9 Å². The van der Waals surface area contributed by atoms with Crippen molar-refractivity contribution in [2.24, 2.45) is 5.10 Å². The number of nitrogens with two attached hydrogens (primary N) is 1. The molecular formula is C23H21ClN6O2. The summed E-state index contributed by atoms with van der Waals surface area (Å²) < 4.78 is 7.04. The first kappa shape index (κ1) is 20.4. The maximum Gasteiger partial charge on any atom is 0.257 e. The first-order valence-corrected chi connectivity index (χ1v) is 10.7. The normalized spacial score (nSPS) is 16.3. The van der Waals surface area contributed by atoms with Crippen LogP contribution in [0.5, 0.6) is 0 Å². The minimum atomic E-state index is -0.329. The maximum absolute atomic E-state index is 13.1. The third-order valence-electron chi connectivity index (χ3n) is 5.39. The van der Waals surface area contributed by atoms with Crippen molar-refractivity contribution in [1.29, 1.82) is 0 Å². The highest BCUT2D eigenvalue weighted by Gasteiger charge is 2.25. The fourth-order valence-electron chi connectivity index (χ4n) is 3.80. The summed E-state index contributed by atoms with van der Waals surface area (Å²) in [6.45, 7) is 1.13. The number of nitrogens with zero attached hydrogens (tertiary/aromatic N) is 4. The number of rotatable bonds is 5. The van der Waals surface area contributed by atoms with Crippen LogP contribution in [0.4, 0.5) is 5.82 Å². The number of anilines is 1. The Kier molecular flexibility index (Phi) is 5.46. The monoisotopic (exact) mass is 448 g/mol. The highest BCUT2D eigenvalue weighted by atomic mass is 35.5. The zero-order valence-corrected chi connectivity index (χ0v) is 17.9. The zero-order valence-electron chi connectivity index (χ0n) is 17.2. The molecule has 1 aliphatic heterocycles. The lowest BCUT2D eigenvalue weighted by Gasteiger charge is -2.10. The van der Waals surface area contributed by atoms with Gasteiger partial charge in [-0.15, -0.1) is 0 Å². The summed E-state index contributed by atoms with van der Waals surface area (Å²) in [5.41, 5.74) is 9.60. The Morgan fingerprint density at radius 3 is 2.81 bits per heavy atom. The van der Waals surface area contributed by atoms with Gasteiger partial charge in [-0.25, -0.2) is 9.97 Å². The van der Waals surface area contributed by atoms with Crippen molar-refractivity contribution < 1.29 is 9.53 Å². The van der Waals surface area contributed by atoms with Crippen molar-refractivity contribution in [3.05, 3.63) is 64.7 Å². The summed E-state index contributed by atoms with van der Waals surface area (Å²) in [6, 6.07) is 14.7. The SMILES string of the molecule is Nc1c(C(=O)NCC2CCCO2)c2nc3ccccc3nc2n1N=Cc1cccc(Cl)c1. The standard InChI is InChI=1S/C23H21ClN6O2/c24-15-6-3-5-14(11-15)12-27-30-21(25)19(23(31)26-13-16-7-4-10-32-16)20-22(30)29-18-9-2-1-8-17(18)28-20/h1-3,5-6,8-9,11-12,16H,4,7,10,13,25H2,(H,26,31). The van der Waals surface area contributed by atoms with Crippen LogP contribution in [0.25, 0.3) is 22.2 Å². The van der Waals surface area contributed by atoms with E-state index in [-0.39, 0.29) is 23.4 Å². The molecule has 162 valence electrons. The highest BCUT2D eigenvalue weighted by molar-refractivity contribution is 6.30. The van der Waals surface area contributed by atoms with Crippen LogP contribution in [0.3, 0.4) is 0 Å². The molecule has 8 nitrogen and oxygen atoms in total. The molecule has 2 aromatic carbocycles. The lowest BCUT2D eigenvalue weighted by atomic mass is 10.2. The Morgan fingerprint density at radius 2 is 2.06 bits per heavy atom. The first-order chi connectivity index (χ1) is 15.6. The van der Waals surface area contributed by atoms with Gasteiger partial charge in [-0.2, -0.15) is 9.78 Å². The van der Waals surface area contributed by atoms with Gasteiger partial charge in [-0.3, -0.25) is 4.79 Å². The summed E-state index contributed by atoms with van der Waals surface area (Å²) in [5, 5.41) is 8.01. The molecule has 1 amide bonds. The van der Waals surface area contributed by atoms with E-state index in [2.05, 4.69) is 20.4 Å². The number of hydrogen-bond acceptors (Lipinski definition) is 6. The zero-order chi connectivity index (χ0) is 22.1. The Morgan fingerprint density at radius 1 is 1.25 bits per heavy atom.